The number of amides is 6. The van der Waals surface area contributed by atoms with Crippen molar-refractivity contribution in [1.29, 1.82) is 0 Å². The first-order valence-electron chi connectivity index (χ1n) is 35.0. The number of benzene rings is 4. The Morgan fingerprint density at radius 1 is 0.309 bits per heavy atom. The van der Waals surface area contributed by atoms with Crippen molar-refractivity contribution < 1.29 is 88.0 Å². The summed E-state index contributed by atoms with van der Waals surface area (Å²) in [5.41, 5.74) is 12.6. The van der Waals surface area contributed by atoms with Crippen molar-refractivity contribution >= 4 is 160 Å². The molecule has 6 amide bonds. The highest BCUT2D eigenvalue weighted by molar-refractivity contribution is 7.64. The molecule has 10 rings (SSSR count). The van der Waals surface area contributed by atoms with Gasteiger partial charge in [0.1, 0.15) is 34.2 Å². The number of rotatable bonds is 34. The molecule has 10 aromatic rings. The predicted octanol–water partition coefficient (Wildman–Crippen LogP) is 11.5. The predicted molar refractivity (Wildman–Crippen MR) is 422 cm³/mol. The Morgan fingerprint density at radius 3 is 0.791 bits per heavy atom. The summed E-state index contributed by atoms with van der Waals surface area (Å²) < 4.78 is 119. The van der Waals surface area contributed by atoms with Crippen molar-refractivity contribution in [2.24, 2.45) is 42.3 Å². The number of aromatic nitrogens is 6. The summed E-state index contributed by atoms with van der Waals surface area (Å²) in [4.78, 5) is 102. The summed E-state index contributed by atoms with van der Waals surface area (Å²) >= 11 is 0. The Kier molecular flexibility index (Phi) is 25.4. The van der Waals surface area contributed by atoms with Gasteiger partial charge in [-0.2, -0.15) is 0 Å². The van der Waals surface area contributed by atoms with Crippen LogP contribution in [0, 0.1) is 0 Å². The number of carbonyl (C=O) groups is 7. The van der Waals surface area contributed by atoms with E-state index in [0.29, 0.717) is 22.7 Å². The highest BCUT2D eigenvalue weighted by Crippen LogP contribution is 2.55. The number of hydrogen-bond donors (Lipinski definition) is 8. The molecule has 0 aliphatic carbocycles. The Balaban J connectivity index is 1.15. The van der Waals surface area contributed by atoms with Crippen LogP contribution < -0.4 is 64.6 Å². The van der Waals surface area contributed by atoms with E-state index in [4.69, 9.17) is 47.7 Å². The van der Waals surface area contributed by atoms with Gasteiger partial charge in [0, 0.05) is 124 Å². The lowest BCUT2D eigenvalue weighted by Gasteiger charge is -2.26. The van der Waals surface area contributed by atoms with Gasteiger partial charge >= 0.3 is 30.4 Å². The van der Waals surface area contributed by atoms with Crippen LogP contribution in [-0.2, 0) is 96.7 Å². The molecule has 0 saturated carbocycles. The molecule has 0 saturated heterocycles. The molecule has 0 atom stereocenters. The average molecular weight is 1590 g/mol. The second kappa shape index (κ2) is 33.9. The van der Waals surface area contributed by atoms with E-state index in [9.17, 15) is 28.3 Å². The molecule has 0 aliphatic heterocycles. The van der Waals surface area contributed by atoms with E-state index >= 15 is 23.5 Å². The molecule has 0 unspecified atom stereocenters. The Morgan fingerprint density at radius 2 is 0.545 bits per heavy atom. The summed E-state index contributed by atoms with van der Waals surface area (Å²) in [7, 11) is -8.88. The molecule has 37 heteroatoms. The van der Waals surface area contributed by atoms with Crippen LogP contribution in [-0.4, -0.2) is 121 Å². The Bertz CT molecular complexity index is 5120. The van der Waals surface area contributed by atoms with Gasteiger partial charge in [0.15, 0.2) is 5.78 Å². The molecule has 0 spiro atoms. The van der Waals surface area contributed by atoms with Crippen LogP contribution in [0.2, 0.25) is 0 Å². The van der Waals surface area contributed by atoms with E-state index in [-0.39, 0.29) is 142 Å². The standard InChI is InChI=1S/C73H88N14O19P4/c1-15-99-107(95,100-16-2)49-23-25-51-53(33-49)66(109(97,103-19-5)104-20-6)55(35-57(51)80-72(93)63-31-47(41-86(63)13)78-70(91)61-29-45(39-84(61)11)76-68(89)59-27-43(74)37-82(59)9)65(88)56-36-58(52-26-24-50(108(96,101-17-3)102-18-4)34-54(52)67(56)110(98,105-21-7)106-22-8)81-73(94)64-32-48(42-87(64)14)79-71(92)62-30-46(40-85(62)12)77-69(90)60-28-44(75)38-83(60)10/h23-42H,15-22,74-75H2,1-14H3,(H,76,89)(H,77,90)(H,78,91)(H,79,92)(H,80,93)(H,81,94). The molecule has 0 fully saturated rings. The van der Waals surface area contributed by atoms with E-state index < -0.39 is 93.3 Å². The zero-order chi connectivity index (χ0) is 80.1. The minimum Gasteiger partial charge on any atom is -0.397 e. The average Bonchev–Trinajstić information content (AvgIpc) is 1.48. The number of anilines is 8. The third kappa shape index (κ3) is 17.0. The monoisotopic (exact) mass is 1590 g/mol. The van der Waals surface area contributed by atoms with Crippen LogP contribution in [0.4, 0.5) is 45.5 Å². The number of carbonyl (C=O) groups excluding carboxylic acids is 7. The van der Waals surface area contributed by atoms with Gasteiger partial charge in [-0.05, 0) is 128 Å². The summed E-state index contributed by atoms with van der Waals surface area (Å²) in [6.07, 6.45) is 9.17. The summed E-state index contributed by atoms with van der Waals surface area (Å²) in [5.74, 6) is -5.06. The zero-order valence-electron chi connectivity index (χ0n) is 63.1. The molecule has 0 radical (unpaired) electrons. The summed E-state index contributed by atoms with van der Waals surface area (Å²) in [5, 5.41) is 15.6. The van der Waals surface area contributed by atoms with E-state index in [2.05, 4.69) is 31.9 Å². The lowest BCUT2D eigenvalue weighted by Crippen LogP contribution is -2.28. The van der Waals surface area contributed by atoms with Crippen molar-refractivity contribution in [1.82, 2.24) is 27.4 Å². The number of ketones is 1. The van der Waals surface area contributed by atoms with Crippen molar-refractivity contribution in [2.75, 3.05) is 96.2 Å². The van der Waals surface area contributed by atoms with Gasteiger partial charge in [-0.1, -0.05) is 12.1 Å². The molecular weight excluding hydrogens is 1500 g/mol. The Hall–Kier alpha value is -10.2. The molecule has 10 N–H and O–H groups in total. The van der Waals surface area contributed by atoms with Crippen LogP contribution in [0.15, 0.2) is 122 Å². The van der Waals surface area contributed by atoms with E-state index in [1.807, 2.05) is 0 Å². The Labute approximate surface area is 633 Å². The molecule has 6 aromatic heterocycles. The van der Waals surface area contributed by atoms with Crippen LogP contribution in [0.3, 0.4) is 0 Å². The number of fused-ring (bicyclic) bond motifs is 2. The number of aryl methyl sites for hydroxylation is 6. The molecule has 584 valence electrons. The number of nitrogens with zero attached hydrogens (tertiary/aromatic N) is 6. The van der Waals surface area contributed by atoms with Crippen LogP contribution in [0.5, 0.6) is 0 Å². The highest BCUT2D eigenvalue weighted by atomic mass is 31.2. The fourth-order valence-corrected chi connectivity index (χ4v) is 19.8. The number of nitrogens with two attached hydrogens (primary N) is 2. The molecule has 33 nitrogen and oxygen atoms in total. The van der Waals surface area contributed by atoms with Crippen LogP contribution in [0.25, 0.3) is 21.5 Å². The summed E-state index contributed by atoms with van der Waals surface area (Å²) in [6, 6.07) is 19.4. The third-order valence-corrected chi connectivity index (χ3v) is 25.9. The maximum atomic E-state index is 17.1. The highest BCUT2D eigenvalue weighted by Gasteiger charge is 2.42. The van der Waals surface area contributed by atoms with Gasteiger partial charge in [0.25, 0.3) is 35.4 Å². The smallest absolute Gasteiger partial charge is 0.362 e. The van der Waals surface area contributed by atoms with Gasteiger partial charge in [0.05, 0.1) is 108 Å². The van der Waals surface area contributed by atoms with Gasteiger partial charge in [0.2, 0.25) is 0 Å². The molecule has 0 aliphatic rings. The summed E-state index contributed by atoms with van der Waals surface area (Å²) in [6.45, 7) is 10.8. The maximum absolute atomic E-state index is 17.1. The van der Waals surface area contributed by atoms with Crippen molar-refractivity contribution in [3.63, 3.8) is 0 Å². The number of nitrogen functional groups attached to an aromatic ring is 2. The van der Waals surface area contributed by atoms with Crippen molar-refractivity contribution in [2.45, 2.75) is 55.4 Å². The van der Waals surface area contributed by atoms with Crippen molar-refractivity contribution in [3.05, 3.63) is 167 Å². The first-order chi connectivity index (χ1) is 52.2. The second-order valence-electron chi connectivity index (χ2n) is 24.9. The van der Waals surface area contributed by atoms with Gasteiger partial charge in [-0.15, -0.1) is 0 Å². The largest absolute Gasteiger partial charge is 0.397 e. The van der Waals surface area contributed by atoms with Gasteiger partial charge < -0.3 is 107 Å². The fourth-order valence-electron chi connectivity index (χ4n) is 12.7. The van der Waals surface area contributed by atoms with Gasteiger partial charge in [-0.3, -0.25) is 51.8 Å². The van der Waals surface area contributed by atoms with E-state index in [1.165, 1.54) is 170 Å². The molecule has 4 aromatic carbocycles. The zero-order valence-corrected chi connectivity index (χ0v) is 66.7. The lowest BCUT2D eigenvalue weighted by molar-refractivity contribution is 0.101. The van der Waals surface area contributed by atoms with Crippen molar-refractivity contribution in [3.8, 4) is 0 Å². The minimum atomic E-state index is -4.92. The lowest BCUT2D eigenvalue weighted by atomic mass is 9.95. The first kappa shape index (κ1) is 82.3. The van der Waals surface area contributed by atoms with Crippen LogP contribution >= 0.6 is 30.4 Å². The number of nitrogens with one attached hydrogen (secondary N) is 6. The number of hydrogen-bond acceptors (Lipinski definition) is 21. The third-order valence-electron chi connectivity index (χ3n) is 17.2. The van der Waals surface area contributed by atoms with E-state index in [1.54, 1.807) is 77.4 Å². The minimum absolute atomic E-state index is 0.0520. The quantitative estimate of drug-likeness (QED) is 0.0137. The topological polar surface area (TPSA) is 415 Å². The normalized spacial score (nSPS) is 12.1. The van der Waals surface area contributed by atoms with E-state index in [0.717, 1.165) is 0 Å². The first-order valence-corrected chi connectivity index (χ1v) is 41.1. The fraction of sp³-hybridized carbons (Fsp3) is 0.301. The maximum Gasteiger partial charge on any atom is 0.362 e. The van der Waals surface area contributed by atoms with Crippen LogP contribution in [0.1, 0.15) is 134 Å². The SMILES string of the molecule is CCOP(=O)(OCC)c1ccc2c(NC(=O)c3cc(NC(=O)c4cc(NC(=O)c5cc(N)cn5C)cn4C)cn3C)cc(C(=O)c3cc(NC(=O)c4cc(NC(=O)c5cc(NC(=O)c6cc(N)cn6C)cn5C)cn4C)c4ccc(P(=O)(OCC)OCC)cc4c3P(=O)(OCC)OCC)c(P(=O)(OCC)OCC)c2c1. The molecule has 110 heavy (non-hydrogen) atoms. The molecule has 0 bridgehead atoms. The van der Waals surface area contributed by atoms with Gasteiger partial charge in [-0.25, -0.2) is 0 Å². The molecular formula is C73H88N14O19P4. The second-order valence-corrected chi connectivity index (χ2v) is 32.9. The molecule has 6 heterocycles.